The third-order valence-electron chi connectivity index (χ3n) is 5.46. The molecule has 0 aliphatic carbocycles. The lowest BCUT2D eigenvalue weighted by Crippen LogP contribution is -2.32. The van der Waals surface area contributed by atoms with Crippen LogP contribution in [0.5, 0.6) is 0 Å². The van der Waals surface area contributed by atoms with Gasteiger partial charge in [0, 0.05) is 30.9 Å². The van der Waals surface area contributed by atoms with Gasteiger partial charge >= 0.3 is 0 Å². The summed E-state index contributed by atoms with van der Waals surface area (Å²) >= 11 is -2.02. The van der Waals surface area contributed by atoms with E-state index in [1.165, 1.54) is 28.8 Å². The number of fused-ring (bicyclic) bond motifs is 1. The zero-order chi connectivity index (χ0) is 20.9. The summed E-state index contributed by atoms with van der Waals surface area (Å²) in [5, 5.41) is 2.81. The summed E-state index contributed by atoms with van der Waals surface area (Å²) < 4.78 is 20.1. The van der Waals surface area contributed by atoms with Crippen molar-refractivity contribution in [1.29, 1.82) is 0 Å². The van der Waals surface area contributed by atoms with Crippen molar-refractivity contribution in [3.63, 3.8) is 0 Å². The molecular weight excluding hydrogens is 396 g/mol. The number of amides is 1. The first-order valence-corrected chi connectivity index (χ1v) is 11.1. The molecule has 6 heteroatoms. The van der Waals surface area contributed by atoms with Crippen molar-refractivity contribution in [2.75, 3.05) is 18.4 Å². The van der Waals surface area contributed by atoms with Crippen LogP contribution in [0.1, 0.15) is 27.0 Å². The van der Waals surface area contributed by atoms with Gasteiger partial charge in [0.25, 0.3) is 5.91 Å². The molecule has 30 heavy (non-hydrogen) atoms. The number of carbonyl (C=O) groups excluding carboxylic acids is 1. The molecule has 1 aliphatic rings. The van der Waals surface area contributed by atoms with Crippen molar-refractivity contribution in [1.82, 2.24) is 4.90 Å². The van der Waals surface area contributed by atoms with Gasteiger partial charge in [-0.2, -0.15) is 0 Å². The van der Waals surface area contributed by atoms with Gasteiger partial charge in [0.1, 0.15) is 0 Å². The molecule has 0 spiro atoms. The second kappa shape index (κ2) is 9.34. The fourth-order valence-electron chi connectivity index (χ4n) is 3.71. The van der Waals surface area contributed by atoms with Gasteiger partial charge in [-0.15, -0.1) is 0 Å². The van der Waals surface area contributed by atoms with E-state index in [1.807, 2.05) is 24.3 Å². The number of anilines is 1. The van der Waals surface area contributed by atoms with Gasteiger partial charge in [-0.05, 0) is 65.9 Å². The van der Waals surface area contributed by atoms with Crippen molar-refractivity contribution >= 4 is 22.7 Å². The van der Waals surface area contributed by atoms with Gasteiger partial charge in [0.05, 0.1) is 4.90 Å². The topological polar surface area (TPSA) is 69.6 Å². The number of hydrogen-bond acceptors (Lipinski definition) is 3. The summed E-state index contributed by atoms with van der Waals surface area (Å²) in [5.41, 5.74) is 5.27. The van der Waals surface area contributed by atoms with Crippen LogP contribution in [0.4, 0.5) is 5.69 Å². The molecule has 0 radical (unpaired) electrons. The summed E-state index contributed by atoms with van der Waals surface area (Å²) in [6.07, 6.45) is 2.05. The molecule has 0 bridgehead atoms. The Morgan fingerprint density at radius 3 is 2.37 bits per heavy atom. The Labute approximate surface area is 179 Å². The zero-order valence-corrected chi connectivity index (χ0v) is 17.4. The Morgan fingerprint density at radius 1 is 0.967 bits per heavy atom. The normalized spacial score (nSPS) is 14.7. The molecule has 4 rings (SSSR count). The van der Waals surface area contributed by atoms with E-state index >= 15 is 0 Å². The molecule has 0 saturated heterocycles. The molecule has 0 saturated carbocycles. The third kappa shape index (κ3) is 5.02. The highest BCUT2D eigenvalue weighted by Crippen LogP contribution is 2.19. The van der Waals surface area contributed by atoms with Crippen LogP contribution in [0, 0.1) is 0 Å². The standard InChI is InChI=1S/C24H24N2O3S/c27-24(25-22-9-11-23(12-10-22)30(28)29)20-7-5-18(6-8-20)13-15-26-16-14-19-3-1-2-4-21(19)17-26/h1-12H,13-17H2,(H,25,27)(H,28,29). The molecule has 1 amide bonds. The van der Waals surface area contributed by atoms with Crippen LogP contribution in [0.2, 0.25) is 0 Å². The van der Waals surface area contributed by atoms with E-state index in [4.69, 9.17) is 4.55 Å². The average molecular weight is 421 g/mol. The number of carbonyl (C=O) groups is 1. The first-order chi connectivity index (χ1) is 14.6. The molecule has 0 aromatic heterocycles. The number of hydrogen-bond donors (Lipinski definition) is 2. The van der Waals surface area contributed by atoms with Gasteiger partial charge in [-0.1, -0.05) is 36.4 Å². The maximum absolute atomic E-state index is 12.4. The highest BCUT2D eigenvalue weighted by Gasteiger charge is 2.15. The maximum Gasteiger partial charge on any atom is 0.255 e. The Bertz CT molecular complexity index is 1050. The van der Waals surface area contributed by atoms with Crippen LogP contribution >= 0.6 is 0 Å². The van der Waals surface area contributed by atoms with Gasteiger partial charge in [0.15, 0.2) is 11.1 Å². The van der Waals surface area contributed by atoms with Crippen molar-refractivity contribution in [2.24, 2.45) is 0 Å². The summed E-state index contributed by atoms with van der Waals surface area (Å²) in [6, 6.07) is 22.6. The van der Waals surface area contributed by atoms with Crippen molar-refractivity contribution in [3.05, 3.63) is 95.1 Å². The Kier molecular flexibility index (Phi) is 6.38. The number of nitrogens with zero attached hydrogens (tertiary/aromatic N) is 1. The monoisotopic (exact) mass is 420 g/mol. The van der Waals surface area contributed by atoms with Crippen LogP contribution in [0.3, 0.4) is 0 Å². The highest BCUT2D eigenvalue weighted by molar-refractivity contribution is 7.79. The number of rotatable bonds is 6. The Balaban J connectivity index is 1.30. The van der Waals surface area contributed by atoms with Gasteiger partial charge in [-0.3, -0.25) is 9.69 Å². The fraction of sp³-hybridized carbons (Fsp3) is 0.208. The molecule has 1 heterocycles. The quantitative estimate of drug-likeness (QED) is 0.589. The molecule has 2 N–H and O–H groups in total. The summed E-state index contributed by atoms with van der Waals surface area (Å²) in [5.74, 6) is -0.202. The minimum atomic E-state index is -2.02. The van der Waals surface area contributed by atoms with E-state index in [0.29, 0.717) is 16.1 Å². The van der Waals surface area contributed by atoms with Crippen LogP contribution in [0.25, 0.3) is 0 Å². The minimum Gasteiger partial charge on any atom is -0.322 e. The minimum absolute atomic E-state index is 0.202. The number of benzene rings is 3. The molecule has 5 nitrogen and oxygen atoms in total. The zero-order valence-electron chi connectivity index (χ0n) is 16.6. The molecule has 0 fully saturated rings. The average Bonchev–Trinajstić information content (AvgIpc) is 2.78. The van der Waals surface area contributed by atoms with E-state index in [2.05, 4.69) is 34.5 Å². The van der Waals surface area contributed by atoms with E-state index < -0.39 is 11.1 Å². The molecule has 1 atom stereocenters. The summed E-state index contributed by atoms with van der Waals surface area (Å²) in [7, 11) is 0. The highest BCUT2D eigenvalue weighted by atomic mass is 32.2. The third-order valence-corrected chi connectivity index (χ3v) is 6.13. The predicted molar refractivity (Wildman–Crippen MR) is 119 cm³/mol. The SMILES string of the molecule is O=C(Nc1ccc(S(=O)O)cc1)c1ccc(CCN2CCc3ccccc3C2)cc1. The Morgan fingerprint density at radius 2 is 1.67 bits per heavy atom. The smallest absolute Gasteiger partial charge is 0.255 e. The molecule has 1 aliphatic heterocycles. The lowest BCUT2D eigenvalue weighted by Gasteiger charge is -2.28. The maximum atomic E-state index is 12.4. The summed E-state index contributed by atoms with van der Waals surface area (Å²) in [6.45, 7) is 3.08. The van der Waals surface area contributed by atoms with E-state index in [1.54, 1.807) is 12.1 Å². The van der Waals surface area contributed by atoms with E-state index in [0.717, 1.165) is 32.5 Å². The largest absolute Gasteiger partial charge is 0.322 e. The second-order valence-corrected chi connectivity index (χ2v) is 8.44. The first kappa shape index (κ1) is 20.5. The van der Waals surface area contributed by atoms with Gasteiger partial charge in [-0.25, -0.2) is 4.21 Å². The van der Waals surface area contributed by atoms with Crippen molar-refractivity contribution in [2.45, 2.75) is 24.3 Å². The molecule has 1 unspecified atom stereocenters. The lowest BCUT2D eigenvalue weighted by molar-refractivity contribution is 0.102. The predicted octanol–water partition coefficient (Wildman–Crippen LogP) is 4.12. The van der Waals surface area contributed by atoms with Gasteiger partial charge < -0.3 is 9.87 Å². The molecule has 3 aromatic rings. The van der Waals surface area contributed by atoms with Crippen molar-refractivity contribution in [3.8, 4) is 0 Å². The molecule has 154 valence electrons. The molecular formula is C24H24N2O3S. The second-order valence-electron chi connectivity index (χ2n) is 7.47. The van der Waals surface area contributed by atoms with E-state index in [-0.39, 0.29) is 5.91 Å². The fourth-order valence-corrected chi connectivity index (χ4v) is 4.08. The van der Waals surface area contributed by atoms with Crippen LogP contribution in [-0.2, 0) is 30.5 Å². The number of nitrogens with one attached hydrogen (secondary N) is 1. The Hall–Kier alpha value is -2.80. The van der Waals surface area contributed by atoms with Crippen LogP contribution in [0.15, 0.2) is 77.7 Å². The van der Waals surface area contributed by atoms with Gasteiger partial charge in [0.2, 0.25) is 0 Å². The first-order valence-electron chi connectivity index (χ1n) is 9.99. The molecule has 3 aromatic carbocycles. The summed E-state index contributed by atoms with van der Waals surface area (Å²) in [4.78, 5) is 15.2. The van der Waals surface area contributed by atoms with Crippen molar-refractivity contribution < 1.29 is 13.6 Å². The van der Waals surface area contributed by atoms with Crippen LogP contribution in [-0.4, -0.2) is 32.7 Å². The lowest BCUT2D eigenvalue weighted by atomic mass is 9.99. The van der Waals surface area contributed by atoms with E-state index in [9.17, 15) is 9.00 Å². The van der Waals surface area contributed by atoms with Crippen LogP contribution < -0.4 is 5.32 Å².